The minimum atomic E-state index is -1.07. The van der Waals surface area contributed by atoms with E-state index >= 15 is 0 Å². The third kappa shape index (κ3) is 3.25. The van der Waals surface area contributed by atoms with Gasteiger partial charge in [0.1, 0.15) is 11.3 Å². The van der Waals surface area contributed by atoms with Crippen molar-refractivity contribution in [3.05, 3.63) is 23.5 Å². The fourth-order valence-electron chi connectivity index (χ4n) is 0.776. The van der Waals surface area contributed by atoms with E-state index in [-0.39, 0.29) is 10.5 Å². The van der Waals surface area contributed by atoms with Crippen LogP contribution < -0.4 is 5.32 Å². The molecule has 0 bridgehead atoms. The SMILES string of the molecule is O=C(Nc1ccnc(Cl)c1)C(O)CBr. The monoisotopic (exact) mass is 278 g/mol. The summed E-state index contributed by atoms with van der Waals surface area (Å²) < 4.78 is 0. The van der Waals surface area contributed by atoms with E-state index in [0.717, 1.165) is 0 Å². The van der Waals surface area contributed by atoms with Gasteiger partial charge in [-0.3, -0.25) is 4.79 Å². The quantitative estimate of drug-likeness (QED) is 0.650. The number of alkyl halides is 1. The summed E-state index contributed by atoms with van der Waals surface area (Å²) in [6, 6.07) is 3.09. The molecule has 1 aromatic heterocycles. The number of hydrogen-bond donors (Lipinski definition) is 2. The fourth-order valence-corrected chi connectivity index (χ4v) is 1.24. The number of carbonyl (C=O) groups is 1. The smallest absolute Gasteiger partial charge is 0.254 e. The molecule has 0 aliphatic heterocycles. The average molecular weight is 280 g/mol. The number of aromatic nitrogens is 1. The number of nitrogens with one attached hydrogen (secondary N) is 1. The van der Waals surface area contributed by atoms with Gasteiger partial charge in [-0.15, -0.1) is 0 Å². The van der Waals surface area contributed by atoms with Crippen molar-refractivity contribution in [1.82, 2.24) is 4.98 Å². The summed E-state index contributed by atoms with van der Waals surface area (Å²) in [6.45, 7) is 0. The van der Waals surface area contributed by atoms with Gasteiger partial charge in [0.25, 0.3) is 5.91 Å². The van der Waals surface area contributed by atoms with Gasteiger partial charge in [-0.25, -0.2) is 4.98 Å². The van der Waals surface area contributed by atoms with Crippen LogP contribution in [0.25, 0.3) is 0 Å². The molecule has 1 rings (SSSR count). The zero-order valence-corrected chi connectivity index (χ0v) is 9.42. The van der Waals surface area contributed by atoms with Crippen LogP contribution in [-0.4, -0.2) is 27.4 Å². The lowest BCUT2D eigenvalue weighted by Crippen LogP contribution is -2.28. The summed E-state index contributed by atoms with van der Waals surface area (Å²) in [7, 11) is 0. The number of nitrogens with zero attached hydrogens (tertiary/aromatic N) is 1. The van der Waals surface area contributed by atoms with E-state index in [9.17, 15) is 4.79 Å². The van der Waals surface area contributed by atoms with Gasteiger partial charge in [-0.1, -0.05) is 27.5 Å². The fraction of sp³-hybridized carbons (Fsp3) is 0.250. The van der Waals surface area contributed by atoms with E-state index in [1.54, 1.807) is 6.07 Å². The summed E-state index contributed by atoms with van der Waals surface area (Å²) in [5, 5.41) is 12.1. The number of amides is 1. The Labute approximate surface area is 94.4 Å². The van der Waals surface area contributed by atoms with E-state index in [1.807, 2.05) is 0 Å². The van der Waals surface area contributed by atoms with Gasteiger partial charge in [-0.2, -0.15) is 0 Å². The Balaban J connectivity index is 2.65. The number of aliphatic hydroxyl groups is 1. The highest BCUT2D eigenvalue weighted by Crippen LogP contribution is 2.12. The van der Waals surface area contributed by atoms with Crippen LogP contribution in [0.5, 0.6) is 0 Å². The van der Waals surface area contributed by atoms with Crippen molar-refractivity contribution in [2.45, 2.75) is 6.10 Å². The molecule has 1 unspecified atom stereocenters. The number of aliphatic hydroxyl groups excluding tert-OH is 1. The molecule has 0 aliphatic carbocycles. The van der Waals surface area contributed by atoms with Crippen molar-refractivity contribution in [2.24, 2.45) is 0 Å². The molecule has 1 atom stereocenters. The molecule has 0 aliphatic rings. The van der Waals surface area contributed by atoms with Gasteiger partial charge >= 0.3 is 0 Å². The molecular weight excluding hydrogens is 271 g/mol. The third-order valence-corrected chi connectivity index (χ3v) is 2.26. The first-order chi connectivity index (χ1) is 6.63. The normalized spacial score (nSPS) is 12.2. The highest BCUT2D eigenvalue weighted by molar-refractivity contribution is 9.09. The minimum Gasteiger partial charge on any atom is -0.382 e. The van der Waals surface area contributed by atoms with Crippen molar-refractivity contribution in [2.75, 3.05) is 10.6 Å². The minimum absolute atomic E-state index is 0.192. The molecular formula is C8H8BrClN2O2. The van der Waals surface area contributed by atoms with Crippen LogP contribution in [0.2, 0.25) is 5.15 Å². The Kier molecular flexibility index (Phi) is 4.31. The highest BCUT2D eigenvalue weighted by atomic mass is 79.9. The van der Waals surface area contributed by atoms with Crippen LogP contribution in [0.3, 0.4) is 0 Å². The molecule has 0 aromatic carbocycles. The molecule has 0 saturated carbocycles. The van der Waals surface area contributed by atoms with Crippen molar-refractivity contribution < 1.29 is 9.90 Å². The number of rotatable bonds is 3. The van der Waals surface area contributed by atoms with Crippen molar-refractivity contribution in [1.29, 1.82) is 0 Å². The molecule has 0 radical (unpaired) electrons. The lowest BCUT2D eigenvalue weighted by atomic mass is 10.3. The zero-order valence-electron chi connectivity index (χ0n) is 7.08. The van der Waals surface area contributed by atoms with Crippen LogP contribution in [0.4, 0.5) is 5.69 Å². The topological polar surface area (TPSA) is 62.2 Å². The molecule has 14 heavy (non-hydrogen) atoms. The third-order valence-electron chi connectivity index (χ3n) is 1.44. The molecule has 1 amide bonds. The van der Waals surface area contributed by atoms with Crippen molar-refractivity contribution in [3.63, 3.8) is 0 Å². The first kappa shape index (κ1) is 11.4. The van der Waals surface area contributed by atoms with E-state index in [1.165, 1.54) is 12.3 Å². The van der Waals surface area contributed by atoms with Gasteiger partial charge < -0.3 is 10.4 Å². The van der Waals surface area contributed by atoms with Crippen LogP contribution in [0.15, 0.2) is 18.3 Å². The summed E-state index contributed by atoms with van der Waals surface area (Å²) >= 11 is 8.60. The maximum Gasteiger partial charge on any atom is 0.254 e. The maximum atomic E-state index is 11.2. The van der Waals surface area contributed by atoms with Gasteiger partial charge in [-0.05, 0) is 12.1 Å². The van der Waals surface area contributed by atoms with E-state index < -0.39 is 12.0 Å². The van der Waals surface area contributed by atoms with Crippen LogP contribution in [0.1, 0.15) is 0 Å². The molecule has 1 aromatic rings. The lowest BCUT2D eigenvalue weighted by Gasteiger charge is -2.08. The number of halogens is 2. The first-order valence-electron chi connectivity index (χ1n) is 3.80. The average Bonchev–Trinajstić information content (AvgIpc) is 2.16. The predicted molar refractivity (Wildman–Crippen MR) is 57.7 cm³/mol. The first-order valence-corrected chi connectivity index (χ1v) is 5.30. The lowest BCUT2D eigenvalue weighted by molar-refractivity contribution is -0.122. The molecule has 4 nitrogen and oxygen atoms in total. The molecule has 0 spiro atoms. The van der Waals surface area contributed by atoms with Crippen LogP contribution >= 0.6 is 27.5 Å². The molecule has 1 heterocycles. The Morgan fingerprint density at radius 2 is 2.50 bits per heavy atom. The standard InChI is InChI=1S/C8H8BrClN2O2/c9-4-6(13)8(14)12-5-1-2-11-7(10)3-5/h1-3,6,13H,4H2,(H,11,12,14). The largest absolute Gasteiger partial charge is 0.382 e. The van der Waals surface area contributed by atoms with Gasteiger partial charge in [0.05, 0.1) is 0 Å². The summed E-state index contributed by atoms with van der Waals surface area (Å²) in [5.41, 5.74) is 0.509. The number of hydrogen-bond acceptors (Lipinski definition) is 3. The van der Waals surface area contributed by atoms with Gasteiger partial charge in [0, 0.05) is 17.2 Å². The maximum absolute atomic E-state index is 11.2. The number of pyridine rings is 1. The zero-order chi connectivity index (χ0) is 10.6. The number of carbonyl (C=O) groups excluding carboxylic acids is 1. The van der Waals surface area contributed by atoms with E-state index in [4.69, 9.17) is 16.7 Å². The number of anilines is 1. The van der Waals surface area contributed by atoms with E-state index in [2.05, 4.69) is 26.2 Å². The Morgan fingerprint density at radius 3 is 3.07 bits per heavy atom. The summed E-state index contributed by atoms with van der Waals surface area (Å²) in [6.07, 6.45) is 0.403. The van der Waals surface area contributed by atoms with E-state index in [0.29, 0.717) is 5.69 Å². The second-order valence-corrected chi connectivity index (χ2v) is 3.56. The van der Waals surface area contributed by atoms with Gasteiger partial charge in [0.15, 0.2) is 0 Å². The Bertz CT molecular complexity index is 335. The predicted octanol–water partition coefficient (Wildman–Crippen LogP) is 1.43. The highest BCUT2D eigenvalue weighted by Gasteiger charge is 2.12. The molecule has 76 valence electrons. The molecule has 0 saturated heterocycles. The summed E-state index contributed by atoms with van der Waals surface area (Å²) in [5.74, 6) is -0.482. The second-order valence-electron chi connectivity index (χ2n) is 2.53. The molecule has 2 N–H and O–H groups in total. The van der Waals surface area contributed by atoms with Crippen molar-refractivity contribution >= 4 is 39.1 Å². The summed E-state index contributed by atoms with van der Waals surface area (Å²) in [4.78, 5) is 15.0. The Hall–Kier alpha value is -0.650. The molecule has 0 fully saturated rings. The van der Waals surface area contributed by atoms with Crippen LogP contribution in [-0.2, 0) is 4.79 Å². The van der Waals surface area contributed by atoms with Crippen molar-refractivity contribution in [3.8, 4) is 0 Å². The van der Waals surface area contributed by atoms with Gasteiger partial charge in [0.2, 0.25) is 0 Å². The second kappa shape index (κ2) is 5.29. The Morgan fingerprint density at radius 1 is 1.79 bits per heavy atom. The molecule has 6 heteroatoms. The van der Waals surface area contributed by atoms with Crippen LogP contribution in [0, 0.1) is 0 Å².